The molecule has 2 aromatic rings. The van der Waals surface area contributed by atoms with Gasteiger partial charge in [-0.25, -0.2) is 4.99 Å². The molecule has 0 aliphatic carbocycles. The van der Waals surface area contributed by atoms with Gasteiger partial charge in [-0.1, -0.05) is 18.2 Å². The quantitative estimate of drug-likeness (QED) is 0.905. The number of nitrogens with zero attached hydrogens (tertiary/aromatic N) is 3. The summed E-state index contributed by atoms with van der Waals surface area (Å²) in [5.41, 5.74) is 1.09. The molecule has 6 heteroatoms. The molecule has 120 valence electrons. The van der Waals surface area contributed by atoms with E-state index in [9.17, 15) is 9.59 Å². The Labute approximate surface area is 139 Å². The number of amides is 2. The molecule has 1 fully saturated rings. The van der Waals surface area contributed by atoms with E-state index in [1.54, 1.807) is 41.6 Å². The second kappa shape index (κ2) is 5.56. The van der Waals surface area contributed by atoms with Crippen molar-refractivity contribution in [3.05, 3.63) is 66.0 Å². The zero-order chi connectivity index (χ0) is 16.6. The molecule has 0 saturated carbocycles. The van der Waals surface area contributed by atoms with Crippen molar-refractivity contribution in [3.63, 3.8) is 0 Å². The van der Waals surface area contributed by atoms with Crippen molar-refractivity contribution in [1.29, 1.82) is 0 Å². The molecule has 4 rings (SSSR count). The molecule has 1 atom stereocenters. The zero-order valence-electron chi connectivity index (χ0n) is 13.0. The maximum atomic E-state index is 12.6. The molecule has 1 saturated heterocycles. The standard InChI is InChI=1S/C18H16N4O2/c23-16-15(13-6-9-19-10-7-13)20-18(21-16)8-11-22(12-18)17(24)14-4-2-1-3-5-14/h1-7,9-10H,8,11-12H2,(H,21,23). The van der Waals surface area contributed by atoms with Gasteiger partial charge in [-0.15, -0.1) is 0 Å². The number of hydrogen-bond acceptors (Lipinski definition) is 4. The highest BCUT2D eigenvalue weighted by Crippen LogP contribution is 2.28. The van der Waals surface area contributed by atoms with Crippen LogP contribution in [0, 0.1) is 0 Å². The average molecular weight is 320 g/mol. The highest BCUT2D eigenvalue weighted by atomic mass is 16.2. The fourth-order valence-electron chi connectivity index (χ4n) is 3.19. The van der Waals surface area contributed by atoms with Crippen molar-refractivity contribution in [2.45, 2.75) is 12.1 Å². The van der Waals surface area contributed by atoms with Gasteiger partial charge in [0.1, 0.15) is 5.71 Å². The van der Waals surface area contributed by atoms with Gasteiger partial charge in [0.25, 0.3) is 11.8 Å². The highest BCUT2D eigenvalue weighted by molar-refractivity contribution is 6.46. The number of carbonyl (C=O) groups excluding carboxylic acids is 2. The van der Waals surface area contributed by atoms with Gasteiger partial charge >= 0.3 is 0 Å². The van der Waals surface area contributed by atoms with Crippen molar-refractivity contribution in [1.82, 2.24) is 15.2 Å². The number of aromatic nitrogens is 1. The lowest BCUT2D eigenvalue weighted by molar-refractivity contribution is -0.115. The first-order valence-corrected chi connectivity index (χ1v) is 7.84. The number of pyridine rings is 1. The molecular formula is C18H16N4O2. The van der Waals surface area contributed by atoms with E-state index in [2.05, 4.69) is 15.3 Å². The zero-order valence-corrected chi connectivity index (χ0v) is 13.0. The largest absolute Gasteiger partial charge is 0.334 e. The minimum atomic E-state index is -0.708. The minimum Gasteiger partial charge on any atom is -0.334 e. The number of hydrogen-bond donors (Lipinski definition) is 1. The normalized spacial score (nSPS) is 22.6. The van der Waals surface area contributed by atoms with Crippen LogP contribution in [0.25, 0.3) is 0 Å². The topological polar surface area (TPSA) is 74.7 Å². The number of aliphatic imine (C=N–C) groups is 1. The van der Waals surface area contributed by atoms with E-state index in [1.165, 1.54) is 0 Å². The maximum absolute atomic E-state index is 12.6. The van der Waals surface area contributed by atoms with Crippen LogP contribution in [-0.2, 0) is 4.79 Å². The summed E-state index contributed by atoms with van der Waals surface area (Å²) in [5, 5.41) is 2.96. The number of benzene rings is 1. The van der Waals surface area contributed by atoms with Crippen molar-refractivity contribution in [2.24, 2.45) is 4.99 Å². The van der Waals surface area contributed by atoms with Crippen molar-refractivity contribution in [3.8, 4) is 0 Å². The molecule has 24 heavy (non-hydrogen) atoms. The average Bonchev–Trinajstić information content (AvgIpc) is 3.19. The smallest absolute Gasteiger partial charge is 0.272 e. The van der Waals surface area contributed by atoms with E-state index in [1.807, 2.05) is 18.2 Å². The van der Waals surface area contributed by atoms with E-state index in [4.69, 9.17) is 0 Å². The second-order valence-electron chi connectivity index (χ2n) is 6.02. The van der Waals surface area contributed by atoms with Gasteiger partial charge < -0.3 is 10.2 Å². The molecule has 2 amide bonds. The van der Waals surface area contributed by atoms with Crippen molar-refractivity contribution in [2.75, 3.05) is 13.1 Å². The van der Waals surface area contributed by atoms with Crippen LogP contribution in [0.1, 0.15) is 22.3 Å². The predicted molar refractivity (Wildman–Crippen MR) is 88.6 cm³/mol. The first-order chi connectivity index (χ1) is 11.7. The van der Waals surface area contributed by atoms with Crippen LogP contribution < -0.4 is 5.32 Å². The summed E-state index contributed by atoms with van der Waals surface area (Å²) in [6, 6.07) is 12.7. The summed E-state index contributed by atoms with van der Waals surface area (Å²) in [6.07, 6.45) is 3.89. The molecule has 1 unspecified atom stereocenters. The molecule has 2 aliphatic rings. The Morgan fingerprint density at radius 3 is 2.62 bits per heavy atom. The van der Waals surface area contributed by atoms with E-state index < -0.39 is 5.66 Å². The third-order valence-corrected chi connectivity index (χ3v) is 4.40. The Morgan fingerprint density at radius 1 is 1.12 bits per heavy atom. The SMILES string of the molecule is O=C1NC2(CCN(C(=O)c3ccccc3)C2)N=C1c1ccncc1. The molecule has 1 spiro atoms. The van der Waals surface area contributed by atoms with E-state index in [0.717, 1.165) is 5.56 Å². The highest BCUT2D eigenvalue weighted by Gasteiger charge is 2.46. The summed E-state index contributed by atoms with van der Waals surface area (Å²) in [5.74, 6) is -0.232. The number of nitrogens with one attached hydrogen (secondary N) is 1. The fourth-order valence-corrected chi connectivity index (χ4v) is 3.19. The maximum Gasteiger partial charge on any atom is 0.272 e. The summed E-state index contributed by atoms with van der Waals surface area (Å²) in [6.45, 7) is 0.961. The van der Waals surface area contributed by atoms with Gasteiger partial charge in [-0.05, 0) is 24.3 Å². The minimum absolute atomic E-state index is 0.0331. The van der Waals surface area contributed by atoms with Crippen molar-refractivity contribution >= 4 is 17.5 Å². The van der Waals surface area contributed by atoms with Crippen LogP contribution in [0.5, 0.6) is 0 Å². The molecule has 1 aromatic carbocycles. The molecule has 1 N–H and O–H groups in total. The Hall–Kier alpha value is -3.02. The van der Waals surface area contributed by atoms with Crippen LogP contribution in [0.4, 0.5) is 0 Å². The lowest BCUT2D eigenvalue weighted by Gasteiger charge is -2.21. The third-order valence-electron chi connectivity index (χ3n) is 4.40. The molecule has 6 nitrogen and oxygen atoms in total. The van der Waals surface area contributed by atoms with Crippen LogP contribution >= 0.6 is 0 Å². The molecule has 3 heterocycles. The summed E-state index contributed by atoms with van der Waals surface area (Å²) >= 11 is 0. The molecule has 2 aliphatic heterocycles. The van der Waals surface area contributed by atoms with Gasteiger partial charge in [0.15, 0.2) is 5.66 Å². The molecular weight excluding hydrogens is 304 g/mol. The number of carbonyl (C=O) groups is 2. The van der Waals surface area contributed by atoms with Gasteiger partial charge in [-0.2, -0.15) is 0 Å². The van der Waals surface area contributed by atoms with Crippen LogP contribution in [-0.4, -0.2) is 46.2 Å². The third kappa shape index (κ3) is 2.46. The molecule has 1 aromatic heterocycles. The number of likely N-dealkylation sites (tertiary alicyclic amines) is 1. The first-order valence-electron chi connectivity index (χ1n) is 7.84. The van der Waals surface area contributed by atoms with Gasteiger partial charge in [0, 0.05) is 36.5 Å². The molecule has 0 bridgehead atoms. The Bertz CT molecular complexity index is 819. The Morgan fingerprint density at radius 2 is 1.88 bits per heavy atom. The summed E-state index contributed by atoms with van der Waals surface area (Å²) in [4.78, 5) is 35.2. The van der Waals surface area contributed by atoms with Gasteiger partial charge in [0.2, 0.25) is 0 Å². The predicted octanol–water partition coefficient (Wildman–Crippen LogP) is 1.24. The fraction of sp³-hybridized carbons (Fsp3) is 0.222. The lowest BCUT2D eigenvalue weighted by atomic mass is 10.1. The second-order valence-corrected chi connectivity index (χ2v) is 6.02. The van der Waals surface area contributed by atoms with Crippen LogP contribution in [0.3, 0.4) is 0 Å². The van der Waals surface area contributed by atoms with Crippen molar-refractivity contribution < 1.29 is 9.59 Å². The monoisotopic (exact) mass is 320 g/mol. The van der Waals surface area contributed by atoms with Crippen LogP contribution in [0.15, 0.2) is 59.9 Å². The summed E-state index contributed by atoms with van der Waals surface area (Å²) < 4.78 is 0. The Balaban J connectivity index is 1.57. The lowest BCUT2D eigenvalue weighted by Crippen LogP contribution is -2.45. The van der Waals surface area contributed by atoms with Crippen LogP contribution in [0.2, 0.25) is 0 Å². The summed E-state index contributed by atoms with van der Waals surface area (Å²) in [7, 11) is 0. The Kier molecular flexibility index (Phi) is 3.37. The van der Waals surface area contributed by atoms with E-state index >= 15 is 0 Å². The number of rotatable bonds is 2. The van der Waals surface area contributed by atoms with E-state index in [0.29, 0.717) is 30.8 Å². The first kappa shape index (κ1) is 14.6. The van der Waals surface area contributed by atoms with Gasteiger partial charge in [0.05, 0.1) is 6.54 Å². The van der Waals surface area contributed by atoms with Gasteiger partial charge in [-0.3, -0.25) is 14.6 Å². The molecule has 0 radical (unpaired) electrons. The van der Waals surface area contributed by atoms with E-state index in [-0.39, 0.29) is 11.8 Å².